The third-order valence-corrected chi connectivity index (χ3v) is 4.70. The minimum absolute atomic E-state index is 0.134. The first-order valence-corrected chi connectivity index (χ1v) is 8.39. The second-order valence-corrected chi connectivity index (χ2v) is 6.84. The first-order valence-electron chi connectivity index (χ1n) is 6.17. The average Bonchev–Trinajstić information content (AvgIpc) is 2.39. The fourth-order valence-electron chi connectivity index (χ4n) is 1.98. The molecule has 0 aromatic heterocycles. The predicted octanol–water partition coefficient (Wildman–Crippen LogP) is 6.81. The van der Waals surface area contributed by atoms with E-state index in [1.807, 2.05) is 30.3 Å². The molecular weight excluding hydrogens is 427 g/mol. The van der Waals surface area contributed by atoms with Crippen LogP contribution < -0.4 is 5.32 Å². The monoisotopic (exact) mass is 439 g/mol. The van der Waals surface area contributed by atoms with Crippen molar-refractivity contribution in [3.05, 3.63) is 60.6 Å². The van der Waals surface area contributed by atoms with E-state index < -0.39 is 0 Å². The minimum Gasteiger partial charge on any atom is -0.377 e. The summed E-state index contributed by atoms with van der Waals surface area (Å²) >= 11 is 20.5. The molecule has 20 heavy (non-hydrogen) atoms. The summed E-state index contributed by atoms with van der Waals surface area (Å²) < 4.78 is 1.08. The van der Waals surface area contributed by atoms with Gasteiger partial charge in [-0.25, -0.2) is 0 Å². The summed E-state index contributed by atoms with van der Waals surface area (Å²) in [4.78, 5) is 0. The fourth-order valence-corrected chi connectivity index (χ4v) is 3.55. The number of benzene rings is 2. The van der Waals surface area contributed by atoms with Crippen LogP contribution in [0.15, 0.2) is 36.4 Å². The zero-order valence-electron chi connectivity index (χ0n) is 10.8. The summed E-state index contributed by atoms with van der Waals surface area (Å²) in [5, 5.41) is 5.57. The largest absolute Gasteiger partial charge is 0.377 e. The van der Waals surface area contributed by atoms with Gasteiger partial charge in [0.05, 0.1) is 6.04 Å². The van der Waals surface area contributed by atoms with Gasteiger partial charge in [0.1, 0.15) is 0 Å². The topological polar surface area (TPSA) is 12.0 Å². The minimum atomic E-state index is 0.134. The van der Waals surface area contributed by atoms with Gasteiger partial charge in [-0.3, -0.25) is 0 Å². The molecule has 1 atom stereocenters. The highest BCUT2D eigenvalue weighted by Gasteiger charge is 2.14. The van der Waals surface area contributed by atoms with Crippen molar-refractivity contribution in [3.63, 3.8) is 0 Å². The number of hydrogen-bond acceptors (Lipinski definition) is 1. The van der Waals surface area contributed by atoms with E-state index in [0.717, 1.165) is 26.3 Å². The van der Waals surface area contributed by atoms with E-state index in [1.165, 1.54) is 0 Å². The van der Waals surface area contributed by atoms with E-state index in [4.69, 9.17) is 34.8 Å². The maximum Gasteiger partial charge on any atom is 0.0526 e. The Bertz CT molecular complexity index is 616. The number of nitrogens with one attached hydrogen (secondary N) is 1. The van der Waals surface area contributed by atoms with Crippen molar-refractivity contribution in [2.45, 2.75) is 19.4 Å². The molecule has 1 N–H and O–H groups in total. The van der Waals surface area contributed by atoms with Gasteiger partial charge in [-0.1, -0.05) is 47.8 Å². The van der Waals surface area contributed by atoms with Gasteiger partial charge in [-0.15, -0.1) is 0 Å². The molecule has 0 aliphatic carbocycles. The van der Waals surface area contributed by atoms with Gasteiger partial charge in [0.2, 0.25) is 0 Å². The molecule has 0 bridgehead atoms. The van der Waals surface area contributed by atoms with Gasteiger partial charge in [-0.05, 0) is 64.9 Å². The summed E-state index contributed by atoms with van der Waals surface area (Å²) in [5.74, 6) is 0. The molecule has 2 aromatic carbocycles. The van der Waals surface area contributed by atoms with Gasteiger partial charge in [0.25, 0.3) is 0 Å². The Balaban J connectivity index is 2.28. The van der Waals surface area contributed by atoms with Crippen molar-refractivity contribution in [2.24, 2.45) is 0 Å². The van der Waals surface area contributed by atoms with E-state index in [-0.39, 0.29) is 6.04 Å². The Labute approximate surface area is 147 Å². The van der Waals surface area contributed by atoms with Gasteiger partial charge < -0.3 is 5.32 Å². The highest BCUT2D eigenvalue weighted by Crippen LogP contribution is 2.32. The van der Waals surface area contributed by atoms with Crippen LogP contribution in [-0.4, -0.2) is 0 Å². The lowest BCUT2D eigenvalue weighted by molar-refractivity contribution is 0.749. The Morgan fingerprint density at radius 1 is 1.05 bits per heavy atom. The summed E-state index contributed by atoms with van der Waals surface area (Å²) in [6.07, 6.45) is 0.917. The number of hydrogen-bond donors (Lipinski definition) is 1. The van der Waals surface area contributed by atoms with E-state index in [0.29, 0.717) is 10.0 Å². The first-order chi connectivity index (χ1) is 9.51. The highest BCUT2D eigenvalue weighted by atomic mass is 127. The molecule has 0 aliphatic rings. The molecule has 0 fully saturated rings. The van der Waals surface area contributed by atoms with Crippen molar-refractivity contribution < 1.29 is 0 Å². The summed E-state index contributed by atoms with van der Waals surface area (Å²) in [7, 11) is 0. The maximum atomic E-state index is 6.29. The van der Waals surface area contributed by atoms with Crippen molar-refractivity contribution in [1.82, 2.24) is 0 Å². The quantitative estimate of drug-likeness (QED) is 0.515. The zero-order valence-corrected chi connectivity index (χ0v) is 15.2. The first kappa shape index (κ1) is 16.2. The van der Waals surface area contributed by atoms with Crippen LogP contribution in [0.2, 0.25) is 15.1 Å². The molecule has 0 aliphatic heterocycles. The molecule has 2 aromatic rings. The van der Waals surface area contributed by atoms with Gasteiger partial charge in [0, 0.05) is 24.3 Å². The SMILES string of the molecule is CCC(Nc1ccc(Cl)cc1I)c1ccc(Cl)cc1Cl. The second kappa shape index (κ2) is 7.21. The van der Waals surface area contributed by atoms with Crippen molar-refractivity contribution in [3.8, 4) is 0 Å². The fraction of sp³-hybridized carbons (Fsp3) is 0.200. The van der Waals surface area contributed by atoms with Gasteiger partial charge >= 0.3 is 0 Å². The smallest absolute Gasteiger partial charge is 0.0526 e. The summed E-state index contributed by atoms with van der Waals surface area (Å²) in [6.45, 7) is 2.12. The molecule has 0 spiro atoms. The van der Waals surface area contributed by atoms with E-state index >= 15 is 0 Å². The van der Waals surface area contributed by atoms with Crippen molar-refractivity contribution >= 4 is 63.1 Å². The average molecular weight is 441 g/mol. The number of rotatable bonds is 4. The molecule has 0 saturated carbocycles. The van der Waals surface area contributed by atoms with Crippen LogP contribution in [0.5, 0.6) is 0 Å². The van der Waals surface area contributed by atoms with Crippen LogP contribution in [-0.2, 0) is 0 Å². The number of anilines is 1. The molecule has 0 saturated heterocycles. The lowest BCUT2D eigenvalue weighted by atomic mass is 10.0. The summed E-state index contributed by atoms with van der Waals surface area (Å²) in [6, 6.07) is 11.5. The van der Waals surface area contributed by atoms with Crippen LogP contribution in [0.4, 0.5) is 5.69 Å². The van der Waals surface area contributed by atoms with Crippen LogP contribution in [0.3, 0.4) is 0 Å². The van der Waals surface area contributed by atoms with E-state index in [2.05, 4.69) is 34.8 Å². The molecule has 0 amide bonds. The summed E-state index contributed by atoms with van der Waals surface area (Å²) in [5.41, 5.74) is 2.09. The van der Waals surface area contributed by atoms with Crippen molar-refractivity contribution in [2.75, 3.05) is 5.32 Å². The maximum absolute atomic E-state index is 6.29. The molecule has 0 radical (unpaired) electrons. The molecule has 1 nitrogen and oxygen atoms in total. The Hall–Kier alpha value is -0.160. The molecule has 0 heterocycles. The molecule has 5 heteroatoms. The van der Waals surface area contributed by atoms with E-state index in [9.17, 15) is 0 Å². The molecule has 1 unspecified atom stereocenters. The Kier molecular flexibility index (Phi) is 5.84. The predicted molar refractivity (Wildman–Crippen MR) is 97.3 cm³/mol. The highest BCUT2D eigenvalue weighted by molar-refractivity contribution is 14.1. The standard InChI is InChI=1S/C15H13Cl3IN/c1-2-14(11-5-3-9(16)7-12(11)18)20-15-6-4-10(17)8-13(15)19/h3-8,14,20H,2H2,1H3. The lowest BCUT2D eigenvalue weighted by Gasteiger charge is -2.21. The van der Waals surface area contributed by atoms with Crippen LogP contribution in [0, 0.1) is 3.57 Å². The normalized spacial score (nSPS) is 12.2. The van der Waals surface area contributed by atoms with Gasteiger partial charge in [-0.2, -0.15) is 0 Å². The molecular formula is C15H13Cl3IN. The zero-order chi connectivity index (χ0) is 14.7. The number of halogens is 4. The Morgan fingerprint density at radius 2 is 1.70 bits per heavy atom. The van der Waals surface area contributed by atoms with Crippen LogP contribution >= 0.6 is 57.4 Å². The van der Waals surface area contributed by atoms with Crippen LogP contribution in [0.1, 0.15) is 24.9 Å². The molecule has 2 rings (SSSR count). The van der Waals surface area contributed by atoms with E-state index in [1.54, 1.807) is 6.07 Å². The second-order valence-electron chi connectivity index (χ2n) is 4.40. The van der Waals surface area contributed by atoms with Crippen LogP contribution in [0.25, 0.3) is 0 Å². The van der Waals surface area contributed by atoms with Crippen molar-refractivity contribution in [1.29, 1.82) is 0 Å². The molecule has 106 valence electrons. The van der Waals surface area contributed by atoms with Gasteiger partial charge in [0.15, 0.2) is 0 Å². The third kappa shape index (κ3) is 3.94. The Morgan fingerprint density at radius 3 is 2.30 bits per heavy atom. The third-order valence-electron chi connectivity index (χ3n) is 3.01. The lowest BCUT2D eigenvalue weighted by Crippen LogP contribution is -2.11.